The molecule has 0 aliphatic carbocycles. The maximum Gasteiger partial charge on any atom is 0.228 e. The summed E-state index contributed by atoms with van der Waals surface area (Å²) in [6, 6.07) is 8.15. The van der Waals surface area contributed by atoms with E-state index in [1.807, 2.05) is 0 Å². The summed E-state index contributed by atoms with van der Waals surface area (Å²) in [5, 5.41) is 0.370. The van der Waals surface area contributed by atoms with Crippen molar-refractivity contribution in [2.75, 3.05) is 5.73 Å². The fraction of sp³-hybridized carbons (Fsp3) is 0.0833. The van der Waals surface area contributed by atoms with E-state index in [4.69, 9.17) is 21.8 Å². The van der Waals surface area contributed by atoms with Crippen LogP contribution in [0.25, 0.3) is 0 Å². The molecule has 4 heteroatoms. The van der Waals surface area contributed by atoms with Gasteiger partial charge in [-0.15, -0.1) is 0 Å². The number of furan rings is 1. The molecule has 0 aliphatic heterocycles. The molecule has 2 rings (SSSR count). The van der Waals surface area contributed by atoms with Crippen molar-refractivity contribution in [3.63, 3.8) is 0 Å². The Morgan fingerprint density at radius 3 is 2.62 bits per heavy atom. The molecule has 1 aromatic carbocycles. The lowest BCUT2D eigenvalue weighted by Gasteiger charge is -2.01. The van der Waals surface area contributed by atoms with E-state index in [-0.39, 0.29) is 5.78 Å². The first kappa shape index (κ1) is 10.8. The molecule has 3 nitrogen and oxygen atoms in total. The quantitative estimate of drug-likeness (QED) is 0.643. The van der Waals surface area contributed by atoms with Gasteiger partial charge >= 0.3 is 0 Å². The molecule has 16 heavy (non-hydrogen) atoms. The average Bonchev–Trinajstić information content (AvgIpc) is 2.68. The largest absolute Gasteiger partial charge is 0.458 e. The van der Waals surface area contributed by atoms with Gasteiger partial charge in [0.2, 0.25) is 5.78 Å². The van der Waals surface area contributed by atoms with Crippen molar-refractivity contribution >= 4 is 23.1 Å². The van der Waals surface area contributed by atoms with Gasteiger partial charge < -0.3 is 10.2 Å². The van der Waals surface area contributed by atoms with Crippen molar-refractivity contribution in [3.05, 3.63) is 52.4 Å². The fourth-order valence-corrected chi connectivity index (χ4v) is 1.55. The van der Waals surface area contributed by atoms with Crippen molar-refractivity contribution < 1.29 is 9.21 Å². The first-order chi connectivity index (χ1) is 7.58. The lowest BCUT2D eigenvalue weighted by molar-refractivity contribution is 0.101. The van der Waals surface area contributed by atoms with E-state index < -0.39 is 0 Å². The maximum atomic E-state index is 11.9. The van der Waals surface area contributed by atoms with Gasteiger partial charge in [-0.3, -0.25) is 4.79 Å². The number of nitrogen functional groups attached to an aromatic ring is 1. The lowest BCUT2D eigenvalue weighted by atomic mass is 10.1. The van der Waals surface area contributed by atoms with Crippen LogP contribution in [0, 0.1) is 6.92 Å². The average molecular weight is 236 g/mol. The summed E-state index contributed by atoms with van der Waals surface area (Å²) in [7, 11) is 0. The van der Waals surface area contributed by atoms with Gasteiger partial charge in [0, 0.05) is 5.56 Å². The molecule has 0 bridgehead atoms. The minimum atomic E-state index is -0.199. The molecule has 0 fully saturated rings. The number of rotatable bonds is 2. The third-order valence-electron chi connectivity index (χ3n) is 2.23. The monoisotopic (exact) mass is 235 g/mol. The standard InChI is InChI=1S/C12H10ClNO2/c1-7-2-5-11(16-7)12(15)8-3-4-10(14)9(13)6-8/h2-6H,14H2,1H3. The normalized spacial score (nSPS) is 10.4. The van der Waals surface area contributed by atoms with Gasteiger partial charge in [-0.05, 0) is 37.3 Å². The van der Waals surface area contributed by atoms with E-state index in [1.54, 1.807) is 31.2 Å². The summed E-state index contributed by atoms with van der Waals surface area (Å²) in [5.74, 6) is 0.804. The smallest absolute Gasteiger partial charge is 0.228 e. The van der Waals surface area contributed by atoms with Crippen molar-refractivity contribution in [2.45, 2.75) is 6.92 Å². The first-order valence-electron chi connectivity index (χ1n) is 4.74. The number of anilines is 1. The second kappa shape index (κ2) is 4.02. The van der Waals surface area contributed by atoms with Crippen molar-refractivity contribution in [2.24, 2.45) is 0 Å². The summed E-state index contributed by atoms with van der Waals surface area (Å²) in [6.45, 7) is 1.78. The van der Waals surface area contributed by atoms with Gasteiger partial charge in [-0.25, -0.2) is 0 Å². The predicted molar refractivity (Wildman–Crippen MR) is 62.7 cm³/mol. The van der Waals surface area contributed by atoms with Gasteiger partial charge in [0.05, 0.1) is 10.7 Å². The highest BCUT2D eigenvalue weighted by Gasteiger charge is 2.13. The summed E-state index contributed by atoms with van der Waals surface area (Å²) in [5.41, 5.74) is 6.48. The molecule has 0 aliphatic rings. The van der Waals surface area contributed by atoms with Gasteiger partial charge in [0.1, 0.15) is 5.76 Å². The SMILES string of the molecule is Cc1ccc(C(=O)c2ccc(N)c(Cl)c2)o1. The van der Waals surface area contributed by atoms with Crippen LogP contribution in [0.2, 0.25) is 5.02 Å². The van der Waals surface area contributed by atoms with E-state index in [9.17, 15) is 4.79 Å². The van der Waals surface area contributed by atoms with Crippen molar-refractivity contribution in [1.82, 2.24) is 0 Å². The second-order valence-corrected chi connectivity index (χ2v) is 3.88. The molecular formula is C12H10ClNO2. The molecule has 0 spiro atoms. The Balaban J connectivity index is 2.38. The molecule has 2 N–H and O–H groups in total. The number of hydrogen-bond acceptors (Lipinski definition) is 3. The second-order valence-electron chi connectivity index (χ2n) is 3.48. The van der Waals surface area contributed by atoms with Crippen molar-refractivity contribution in [1.29, 1.82) is 0 Å². The maximum absolute atomic E-state index is 11.9. The zero-order valence-electron chi connectivity index (χ0n) is 8.66. The summed E-state index contributed by atoms with van der Waals surface area (Å²) < 4.78 is 5.25. The van der Waals surface area contributed by atoms with E-state index in [0.29, 0.717) is 27.8 Å². The van der Waals surface area contributed by atoms with Gasteiger partial charge in [0.15, 0.2) is 5.76 Å². The molecule has 2 aromatic rings. The highest BCUT2D eigenvalue weighted by molar-refractivity contribution is 6.33. The van der Waals surface area contributed by atoms with Crippen LogP contribution in [0.15, 0.2) is 34.7 Å². The van der Waals surface area contributed by atoms with E-state index in [2.05, 4.69) is 0 Å². The highest BCUT2D eigenvalue weighted by Crippen LogP contribution is 2.22. The van der Waals surface area contributed by atoms with Crippen LogP contribution in [0.3, 0.4) is 0 Å². The van der Waals surface area contributed by atoms with Crippen LogP contribution < -0.4 is 5.73 Å². The minimum absolute atomic E-state index is 0.199. The molecule has 82 valence electrons. The Labute approximate surface area is 97.8 Å². The Morgan fingerprint density at radius 2 is 2.06 bits per heavy atom. The molecular weight excluding hydrogens is 226 g/mol. The van der Waals surface area contributed by atoms with Gasteiger partial charge in [-0.2, -0.15) is 0 Å². The first-order valence-corrected chi connectivity index (χ1v) is 5.12. The van der Waals surface area contributed by atoms with E-state index >= 15 is 0 Å². The Morgan fingerprint density at radius 1 is 1.31 bits per heavy atom. The van der Waals surface area contributed by atoms with Gasteiger partial charge in [-0.1, -0.05) is 11.6 Å². The van der Waals surface area contributed by atoms with Crippen LogP contribution in [0.4, 0.5) is 5.69 Å². The predicted octanol–water partition coefficient (Wildman–Crippen LogP) is 3.05. The fourth-order valence-electron chi connectivity index (χ4n) is 1.37. The van der Waals surface area contributed by atoms with Crippen LogP contribution in [0.5, 0.6) is 0 Å². The van der Waals surface area contributed by atoms with Crippen LogP contribution in [-0.4, -0.2) is 5.78 Å². The number of aryl methyl sites for hydroxylation is 1. The zero-order chi connectivity index (χ0) is 11.7. The number of carbonyl (C=O) groups excluding carboxylic acids is 1. The molecule has 0 amide bonds. The summed E-state index contributed by atoms with van der Waals surface area (Å²) >= 11 is 5.84. The van der Waals surface area contributed by atoms with E-state index in [0.717, 1.165) is 0 Å². The molecule has 0 radical (unpaired) electrons. The number of nitrogens with two attached hydrogens (primary N) is 1. The Bertz CT molecular complexity index is 546. The number of carbonyl (C=O) groups is 1. The van der Waals surface area contributed by atoms with Crippen molar-refractivity contribution in [3.8, 4) is 0 Å². The van der Waals surface area contributed by atoms with Crippen LogP contribution >= 0.6 is 11.6 Å². The molecule has 0 saturated carbocycles. The zero-order valence-corrected chi connectivity index (χ0v) is 9.41. The molecule has 0 unspecified atom stereocenters. The van der Waals surface area contributed by atoms with Crippen LogP contribution in [-0.2, 0) is 0 Å². The minimum Gasteiger partial charge on any atom is -0.458 e. The topological polar surface area (TPSA) is 56.2 Å². The third kappa shape index (κ3) is 1.95. The Kier molecular flexibility index (Phi) is 2.71. The molecule has 0 atom stereocenters. The van der Waals surface area contributed by atoms with Gasteiger partial charge in [0.25, 0.3) is 0 Å². The molecule has 0 saturated heterocycles. The molecule has 1 heterocycles. The highest BCUT2D eigenvalue weighted by atomic mass is 35.5. The number of halogens is 1. The summed E-state index contributed by atoms with van der Waals surface area (Å²) in [4.78, 5) is 11.9. The Hall–Kier alpha value is -1.74. The van der Waals surface area contributed by atoms with E-state index in [1.165, 1.54) is 6.07 Å². The molecule has 1 aromatic heterocycles. The third-order valence-corrected chi connectivity index (χ3v) is 2.55. The number of hydrogen-bond donors (Lipinski definition) is 1. The summed E-state index contributed by atoms with van der Waals surface area (Å²) in [6.07, 6.45) is 0. The lowest BCUT2D eigenvalue weighted by Crippen LogP contribution is -2.00. The van der Waals surface area contributed by atoms with Crippen LogP contribution in [0.1, 0.15) is 21.9 Å². The number of ketones is 1. The number of benzene rings is 1.